The minimum atomic E-state index is 0.411. The monoisotopic (exact) mass is 254 g/mol. The first-order valence-electron chi connectivity index (χ1n) is 6.22. The molecular weight excluding hydrogens is 232 g/mol. The largest absolute Gasteiger partial charge is 0.468 e. The van der Waals surface area contributed by atoms with Crippen molar-refractivity contribution in [2.45, 2.75) is 38.1 Å². The van der Waals surface area contributed by atoms with Crippen molar-refractivity contribution < 1.29 is 4.42 Å². The van der Waals surface area contributed by atoms with Crippen LogP contribution in [0.15, 0.2) is 16.7 Å². The fourth-order valence-corrected chi connectivity index (χ4v) is 3.25. The van der Waals surface area contributed by atoms with Crippen molar-refractivity contribution in [2.24, 2.45) is 5.73 Å². The van der Waals surface area contributed by atoms with Crippen molar-refractivity contribution in [1.82, 2.24) is 4.90 Å². The highest BCUT2D eigenvalue weighted by Crippen LogP contribution is 2.31. The van der Waals surface area contributed by atoms with Crippen LogP contribution in [0.1, 0.15) is 31.6 Å². The summed E-state index contributed by atoms with van der Waals surface area (Å²) in [6, 6.07) is 1.98. The van der Waals surface area contributed by atoms with Gasteiger partial charge in [0, 0.05) is 29.2 Å². The maximum atomic E-state index is 5.69. The van der Waals surface area contributed by atoms with Crippen LogP contribution in [-0.4, -0.2) is 28.5 Å². The third kappa shape index (κ3) is 3.50. The fraction of sp³-hybridized carbons (Fsp3) is 0.692. The molecule has 2 rings (SSSR count). The normalized spacial score (nSPS) is 21.4. The summed E-state index contributed by atoms with van der Waals surface area (Å²) in [6.07, 6.45) is 2.98. The molecule has 4 heteroatoms. The molecule has 1 fully saturated rings. The molecule has 1 aliphatic rings. The van der Waals surface area contributed by atoms with Crippen LogP contribution < -0.4 is 5.73 Å². The Kier molecular flexibility index (Phi) is 4.17. The SMILES string of the molecule is CC1(C)CCN(Cc2occc2CN)CCS1. The summed E-state index contributed by atoms with van der Waals surface area (Å²) in [5.41, 5.74) is 6.83. The topological polar surface area (TPSA) is 42.4 Å². The van der Waals surface area contributed by atoms with Crippen LogP contribution >= 0.6 is 11.8 Å². The Morgan fingerprint density at radius 1 is 1.47 bits per heavy atom. The van der Waals surface area contributed by atoms with E-state index in [2.05, 4.69) is 30.5 Å². The number of hydrogen-bond donors (Lipinski definition) is 1. The van der Waals surface area contributed by atoms with Crippen molar-refractivity contribution in [3.8, 4) is 0 Å². The molecule has 1 saturated heterocycles. The second-order valence-electron chi connectivity index (χ2n) is 5.21. The van der Waals surface area contributed by atoms with E-state index in [1.165, 1.54) is 12.2 Å². The van der Waals surface area contributed by atoms with Gasteiger partial charge in [-0.2, -0.15) is 11.8 Å². The molecule has 17 heavy (non-hydrogen) atoms. The summed E-state index contributed by atoms with van der Waals surface area (Å²) in [6.45, 7) is 8.42. The predicted molar refractivity (Wildman–Crippen MR) is 73.0 cm³/mol. The van der Waals surface area contributed by atoms with Crippen LogP contribution in [-0.2, 0) is 13.1 Å². The molecule has 0 aliphatic carbocycles. The van der Waals surface area contributed by atoms with Crippen LogP contribution in [0.2, 0.25) is 0 Å². The van der Waals surface area contributed by atoms with E-state index in [9.17, 15) is 0 Å². The molecule has 0 spiro atoms. The number of thioether (sulfide) groups is 1. The van der Waals surface area contributed by atoms with Crippen molar-refractivity contribution in [2.75, 3.05) is 18.8 Å². The molecule has 3 nitrogen and oxygen atoms in total. The standard InChI is InChI=1S/C13H22N2OS/c1-13(2)4-5-15(6-8-17-13)10-12-11(9-14)3-7-16-12/h3,7H,4-6,8-10,14H2,1-2H3. The van der Waals surface area contributed by atoms with Crippen LogP contribution in [0.25, 0.3) is 0 Å². The summed E-state index contributed by atoms with van der Waals surface area (Å²) >= 11 is 2.07. The second-order valence-corrected chi connectivity index (χ2v) is 7.01. The molecule has 1 aromatic rings. The summed E-state index contributed by atoms with van der Waals surface area (Å²) in [4.78, 5) is 2.47. The van der Waals surface area contributed by atoms with E-state index in [-0.39, 0.29) is 0 Å². The zero-order chi connectivity index (χ0) is 12.3. The van der Waals surface area contributed by atoms with E-state index in [4.69, 9.17) is 10.2 Å². The molecule has 2 N–H and O–H groups in total. The van der Waals surface area contributed by atoms with Gasteiger partial charge in [-0.05, 0) is 19.0 Å². The third-order valence-corrected chi connectivity index (χ3v) is 4.73. The lowest BCUT2D eigenvalue weighted by atomic mass is 10.1. The smallest absolute Gasteiger partial charge is 0.122 e. The van der Waals surface area contributed by atoms with Gasteiger partial charge >= 0.3 is 0 Å². The number of nitrogens with two attached hydrogens (primary N) is 1. The van der Waals surface area contributed by atoms with Crippen LogP contribution in [0.3, 0.4) is 0 Å². The molecule has 0 amide bonds. The van der Waals surface area contributed by atoms with Gasteiger partial charge < -0.3 is 10.2 Å². The molecule has 1 aliphatic heterocycles. The van der Waals surface area contributed by atoms with Crippen LogP contribution in [0.5, 0.6) is 0 Å². The molecule has 0 radical (unpaired) electrons. The Labute approximate surface area is 108 Å². The van der Waals surface area contributed by atoms with Crippen molar-refractivity contribution >= 4 is 11.8 Å². The molecular formula is C13H22N2OS. The summed E-state index contributed by atoms with van der Waals surface area (Å²) in [7, 11) is 0. The zero-order valence-electron chi connectivity index (χ0n) is 10.7. The molecule has 1 aromatic heterocycles. The minimum Gasteiger partial charge on any atom is -0.468 e. The van der Waals surface area contributed by atoms with E-state index in [1.807, 2.05) is 6.07 Å². The quantitative estimate of drug-likeness (QED) is 0.899. The first-order chi connectivity index (χ1) is 8.11. The highest BCUT2D eigenvalue weighted by atomic mass is 32.2. The highest BCUT2D eigenvalue weighted by molar-refractivity contribution is 8.00. The third-order valence-electron chi connectivity index (χ3n) is 3.36. The zero-order valence-corrected chi connectivity index (χ0v) is 11.6. The van der Waals surface area contributed by atoms with Gasteiger partial charge in [0.1, 0.15) is 5.76 Å². The van der Waals surface area contributed by atoms with E-state index >= 15 is 0 Å². The molecule has 2 heterocycles. The maximum Gasteiger partial charge on any atom is 0.122 e. The van der Waals surface area contributed by atoms with E-state index in [0.29, 0.717) is 11.3 Å². The lowest BCUT2D eigenvalue weighted by Crippen LogP contribution is -2.27. The molecule has 0 saturated carbocycles. The Hall–Kier alpha value is -0.450. The lowest BCUT2D eigenvalue weighted by molar-refractivity contribution is 0.252. The highest BCUT2D eigenvalue weighted by Gasteiger charge is 2.24. The Balaban J connectivity index is 1.95. The number of nitrogens with zero attached hydrogens (tertiary/aromatic N) is 1. The molecule has 0 unspecified atom stereocenters. The summed E-state index contributed by atoms with van der Waals surface area (Å²) in [5.74, 6) is 2.24. The van der Waals surface area contributed by atoms with Crippen molar-refractivity contribution in [3.05, 3.63) is 23.7 Å². The maximum absolute atomic E-state index is 5.69. The van der Waals surface area contributed by atoms with Crippen LogP contribution in [0.4, 0.5) is 0 Å². The average molecular weight is 254 g/mol. The van der Waals surface area contributed by atoms with Gasteiger partial charge in [0.25, 0.3) is 0 Å². The minimum absolute atomic E-state index is 0.411. The Morgan fingerprint density at radius 3 is 3.06 bits per heavy atom. The van der Waals surface area contributed by atoms with E-state index in [1.54, 1.807) is 6.26 Å². The predicted octanol–water partition coefficient (Wildman–Crippen LogP) is 2.46. The van der Waals surface area contributed by atoms with Gasteiger partial charge in [0.05, 0.1) is 12.8 Å². The molecule has 0 bridgehead atoms. The van der Waals surface area contributed by atoms with Gasteiger partial charge in [0.2, 0.25) is 0 Å². The van der Waals surface area contributed by atoms with Crippen LogP contribution in [0, 0.1) is 0 Å². The average Bonchev–Trinajstić information content (AvgIpc) is 2.65. The Morgan fingerprint density at radius 2 is 2.29 bits per heavy atom. The first kappa shape index (κ1) is 13.0. The van der Waals surface area contributed by atoms with Crippen molar-refractivity contribution in [1.29, 1.82) is 0 Å². The van der Waals surface area contributed by atoms with Gasteiger partial charge in [0.15, 0.2) is 0 Å². The molecule has 96 valence electrons. The van der Waals surface area contributed by atoms with E-state index in [0.717, 1.165) is 31.0 Å². The Bertz CT molecular complexity index is 362. The van der Waals surface area contributed by atoms with Gasteiger partial charge in [-0.25, -0.2) is 0 Å². The van der Waals surface area contributed by atoms with Gasteiger partial charge in [-0.3, -0.25) is 4.90 Å². The number of hydrogen-bond acceptors (Lipinski definition) is 4. The summed E-state index contributed by atoms with van der Waals surface area (Å²) in [5, 5.41) is 0. The lowest BCUT2D eigenvalue weighted by Gasteiger charge is -2.22. The molecule has 0 aromatic carbocycles. The van der Waals surface area contributed by atoms with Gasteiger partial charge in [-0.1, -0.05) is 13.8 Å². The molecule has 0 atom stereocenters. The number of rotatable bonds is 3. The second kappa shape index (κ2) is 5.46. The van der Waals surface area contributed by atoms with Crippen molar-refractivity contribution in [3.63, 3.8) is 0 Å². The summed E-state index contributed by atoms with van der Waals surface area (Å²) < 4.78 is 5.93. The number of furan rings is 1. The van der Waals surface area contributed by atoms with Gasteiger partial charge in [-0.15, -0.1) is 0 Å². The fourth-order valence-electron chi connectivity index (χ4n) is 2.11. The van der Waals surface area contributed by atoms with E-state index < -0.39 is 0 Å². The first-order valence-corrected chi connectivity index (χ1v) is 7.21.